The van der Waals surface area contributed by atoms with Gasteiger partial charge in [0, 0.05) is 33.2 Å². The van der Waals surface area contributed by atoms with Crippen LogP contribution in [0.1, 0.15) is 19.3 Å². The first-order valence-electron chi connectivity index (χ1n) is 6.08. The van der Waals surface area contributed by atoms with E-state index in [2.05, 4.69) is 20.1 Å². The molecule has 2 aliphatic heterocycles. The van der Waals surface area contributed by atoms with Gasteiger partial charge in [0.1, 0.15) is 0 Å². The first kappa shape index (κ1) is 14.0. The summed E-state index contributed by atoms with van der Waals surface area (Å²) in [6, 6.07) is 0. The Labute approximate surface area is 115 Å². The molecule has 4 nitrogen and oxygen atoms in total. The molecular weight excluding hydrogens is 315 g/mol. The zero-order valence-electron chi connectivity index (χ0n) is 10.1. The van der Waals surface area contributed by atoms with Crippen LogP contribution in [0, 0.1) is 0 Å². The lowest BCUT2D eigenvalue weighted by Gasteiger charge is -2.31. The van der Waals surface area contributed by atoms with Crippen LogP contribution in [0.15, 0.2) is 4.99 Å². The number of guanidine groups is 1. The summed E-state index contributed by atoms with van der Waals surface area (Å²) < 4.78 is 0. The predicted molar refractivity (Wildman–Crippen MR) is 78.6 cm³/mol. The SMILES string of the molecule is CN=C(NCCN1CCC1)N1CCCC1.I. The fraction of sp³-hybridized carbons (Fsp3) is 0.909. The highest BCUT2D eigenvalue weighted by Gasteiger charge is 2.16. The molecule has 2 fully saturated rings. The third kappa shape index (κ3) is 3.76. The van der Waals surface area contributed by atoms with Crippen molar-refractivity contribution in [2.45, 2.75) is 19.3 Å². The van der Waals surface area contributed by atoms with E-state index in [1.54, 1.807) is 0 Å². The Morgan fingerprint density at radius 2 is 1.81 bits per heavy atom. The Balaban J connectivity index is 0.00000128. The standard InChI is InChI=1S/C11H22N4.HI/c1-12-11(15-8-2-3-9-15)13-5-10-14-6-4-7-14;/h2-10H2,1H3,(H,12,13);1H. The molecule has 0 aliphatic carbocycles. The van der Waals surface area contributed by atoms with Crippen LogP contribution in [0.3, 0.4) is 0 Å². The maximum Gasteiger partial charge on any atom is 0.193 e. The van der Waals surface area contributed by atoms with Crippen LogP contribution in [0.4, 0.5) is 0 Å². The van der Waals surface area contributed by atoms with Crippen LogP contribution in [-0.2, 0) is 0 Å². The zero-order chi connectivity index (χ0) is 10.5. The molecule has 0 aromatic rings. The predicted octanol–water partition coefficient (Wildman–Crippen LogP) is 0.981. The molecule has 5 heteroatoms. The zero-order valence-corrected chi connectivity index (χ0v) is 12.4. The molecule has 0 radical (unpaired) electrons. The Morgan fingerprint density at radius 3 is 2.31 bits per heavy atom. The maximum atomic E-state index is 4.32. The van der Waals surface area contributed by atoms with Gasteiger partial charge >= 0.3 is 0 Å². The fourth-order valence-corrected chi connectivity index (χ4v) is 2.19. The molecule has 0 atom stereocenters. The van der Waals surface area contributed by atoms with E-state index in [9.17, 15) is 0 Å². The molecule has 94 valence electrons. The summed E-state index contributed by atoms with van der Waals surface area (Å²) in [5.41, 5.74) is 0. The monoisotopic (exact) mass is 338 g/mol. The number of nitrogens with one attached hydrogen (secondary N) is 1. The Hall–Kier alpha value is -0.0400. The lowest BCUT2D eigenvalue weighted by Crippen LogP contribution is -2.46. The van der Waals surface area contributed by atoms with E-state index in [0.29, 0.717) is 0 Å². The number of hydrogen-bond acceptors (Lipinski definition) is 2. The first-order valence-corrected chi connectivity index (χ1v) is 6.08. The lowest BCUT2D eigenvalue weighted by molar-refractivity contribution is 0.184. The van der Waals surface area contributed by atoms with Gasteiger partial charge in [-0.1, -0.05) is 0 Å². The van der Waals surface area contributed by atoms with E-state index in [1.165, 1.54) is 45.4 Å². The second kappa shape index (κ2) is 7.32. The van der Waals surface area contributed by atoms with Gasteiger partial charge in [-0.15, -0.1) is 24.0 Å². The van der Waals surface area contributed by atoms with Crippen molar-refractivity contribution in [1.82, 2.24) is 15.1 Å². The second-order valence-electron chi connectivity index (χ2n) is 4.36. The molecule has 2 aliphatic rings. The largest absolute Gasteiger partial charge is 0.355 e. The second-order valence-corrected chi connectivity index (χ2v) is 4.36. The number of hydrogen-bond donors (Lipinski definition) is 1. The van der Waals surface area contributed by atoms with E-state index in [-0.39, 0.29) is 24.0 Å². The van der Waals surface area contributed by atoms with Gasteiger partial charge in [-0.05, 0) is 32.4 Å². The molecule has 0 unspecified atom stereocenters. The quantitative estimate of drug-likeness (QED) is 0.473. The van der Waals surface area contributed by atoms with Crippen molar-refractivity contribution in [3.8, 4) is 0 Å². The maximum absolute atomic E-state index is 4.32. The first-order chi connectivity index (χ1) is 7.40. The van der Waals surface area contributed by atoms with Gasteiger partial charge in [-0.2, -0.15) is 0 Å². The van der Waals surface area contributed by atoms with Gasteiger partial charge in [-0.3, -0.25) is 4.99 Å². The molecule has 16 heavy (non-hydrogen) atoms. The number of halogens is 1. The van der Waals surface area contributed by atoms with Crippen LogP contribution in [0.5, 0.6) is 0 Å². The summed E-state index contributed by atoms with van der Waals surface area (Å²) in [6.07, 6.45) is 4.00. The average molecular weight is 338 g/mol. The van der Waals surface area contributed by atoms with E-state index in [0.717, 1.165) is 19.0 Å². The number of rotatable bonds is 3. The summed E-state index contributed by atoms with van der Waals surface area (Å²) in [4.78, 5) is 9.16. The van der Waals surface area contributed by atoms with Crippen molar-refractivity contribution < 1.29 is 0 Å². The van der Waals surface area contributed by atoms with Gasteiger partial charge in [0.2, 0.25) is 0 Å². The van der Waals surface area contributed by atoms with Crippen molar-refractivity contribution in [2.75, 3.05) is 46.3 Å². The molecule has 1 N–H and O–H groups in total. The van der Waals surface area contributed by atoms with E-state index >= 15 is 0 Å². The number of nitrogens with zero attached hydrogens (tertiary/aromatic N) is 3. The fourth-order valence-electron chi connectivity index (χ4n) is 2.19. The van der Waals surface area contributed by atoms with Crippen molar-refractivity contribution >= 4 is 29.9 Å². The smallest absolute Gasteiger partial charge is 0.193 e. The highest BCUT2D eigenvalue weighted by atomic mass is 127. The minimum atomic E-state index is 0. The third-order valence-corrected chi connectivity index (χ3v) is 3.28. The van der Waals surface area contributed by atoms with Crippen molar-refractivity contribution in [3.63, 3.8) is 0 Å². The van der Waals surface area contributed by atoms with Gasteiger partial charge in [-0.25, -0.2) is 0 Å². The molecular formula is C11H23IN4. The van der Waals surface area contributed by atoms with Gasteiger partial charge in [0.05, 0.1) is 0 Å². The molecule has 2 rings (SSSR count). The van der Waals surface area contributed by atoms with Crippen molar-refractivity contribution in [1.29, 1.82) is 0 Å². The highest BCUT2D eigenvalue weighted by molar-refractivity contribution is 14.0. The minimum Gasteiger partial charge on any atom is -0.355 e. The number of likely N-dealkylation sites (tertiary alicyclic amines) is 2. The lowest BCUT2D eigenvalue weighted by atomic mass is 10.2. The summed E-state index contributed by atoms with van der Waals surface area (Å²) in [7, 11) is 1.88. The summed E-state index contributed by atoms with van der Waals surface area (Å²) in [5, 5.41) is 3.44. The van der Waals surface area contributed by atoms with E-state index in [4.69, 9.17) is 0 Å². The van der Waals surface area contributed by atoms with Gasteiger partial charge < -0.3 is 15.1 Å². The Kier molecular flexibility index (Phi) is 6.41. The van der Waals surface area contributed by atoms with Crippen molar-refractivity contribution in [3.05, 3.63) is 0 Å². The molecule has 0 aromatic heterocycles. The topological polar surface area (TPSA) is 30.9 Å². The number of aliphatic imine (C=N–C) groups is 1. The third-order valence-electron chi connectivity index (χ3n) is 3.28. The van der Waals surface area contributed by atoms with Crippen LogP contribution in [-0.4, -0.2) is 62.1 Å². The average Bonchev–Trinajstić information content (AvgIpc) is 2.68. The summed E-state index contributed by atoms with van der Waals surface area (Å²) in [6.45, 7) is 7.09. The molecule has 2 saturated heterocycles. The highest BCUT2D eigenvalue weighted by Crippen LogP contribution is 2.07. The van der Waals surface area contributed by atoms with E-state index in [1.807, 2.05) is 7.05 Å². The van der Waals surface area contributed by atoms with Crippen molar-refractivity contribution in [2.24, 2.45) is 4.99 Å². The Bertz CT molecular complexity index is 222. The van der Waals surface area contributed by atoms with Gasteiger partial charge in [0.25, 0.3) is 0 Å². The van der Waals surface area contributed by atoms with Crippen LogP contribution < -0.4 is 5.32 Å². The van der Waals surface area contributed by atoms with Crippen LogP contribution >= 0.6 is 24.0 Å². The molecule has 0 spiro atoms. The normalized spacial score (nSPS) is 21.6. The summed E-state index contributed by atoms with van der Waals surface area (Å²) >= 11 is 0. The van der Waals surface area contributed by atoms with E-state index < -0.39 is 0 Å². The molecule has 0 amide bonds. The molecule has 0 saturated carbocycles. The van der Waals surface area contributed by atoms with Crippen LogP contribution in [0.2, 0.25) is 0 Å². The van der Waals surface area contributed by atoms with Crippen LogP contribution in [0.25, 0.3) is 0 Å². The molecule has 0 aromatic carbocycles. The molecule has 0 bridgehead atoms. The molecule has 2 heterocycles. The van der Waals surface area contributed by atoms with Gasteiger partial charge in [0.15, 0.2) is 5.96 Å². The summed E-state index contributed by atoms with van der Waals surface area (Å²) in [5.74, 6) is 1.09. The Morgan fingerprint density at radius 1 is 1.12 bits per heavy atom. The minimum absolute atomic E-state index is 0.